The zero-order valence-electron chi connectivity index (χ0n) is 22.7. The quantitative estimate of drug-likeness (QED) is 0.202. The fourth-order valence-electron chi connectivity index (χ4n) is 4.95. The molecule has 11 heteroatoms. The van der Waals surface area contributed by atoms with Crippen molar-refractivity contribution < 1.29 is 23.1 Å². The van der Waals surface area contributed by atoms with Crippen LogP contribution >= 0.6 is 15.9 Å². The van der Waals surface area contributed by atoms with Crippen LogP contribution < -0.4 is 21.1 Å². The molecule has 0 atom stereocenters. The number of pyridine rings is 1. The number of fused-ring (bicyclic) bond motifs is 1. The molecular weight excluding hydrogens is 596 g/mol. The maximum absolute atomic E-state index is 14.1. The number of carbonyl (C=O) groups is 2. The first kappa shape index (κ1) is 28.3. The first-order valence-electron chi connectivity index (χ1n) is 12.8. The highest BCUT2D eigenvalue weighted by Gasteiger charge is 2.43. The maximum Gasteiger partial charge on any atom is 0.283 e. The molecule has 2 aromatic heterocycles. The van der Waals surface area contributed by atoms with Crippen LogP contribution in [-0.4, -0.2) is 40.7 Å². The van der Waals surface area contributed by atoms with E-state index >= 15 is 0 Å². The molecular formula is C30H28BrF2N5O3. The third-order valence-corrected chi connectivity index (χ3v) is 7.85. The molecule has 0 radical (unpaired) electrons. The number of aromatic nitrogens is 2. The number of rotatable bonds is 8. The van der Waals surface area contributed by atoms with E-state index < -0.39 is 23.3 Å². The highest BCUT2D eigenvalue weighted by atomic mass is 79.9. The molecule has 2 heterocycles. The van der Waals surface area contributed by atoms with E-state index in [1.165, 1.54) is 7.11 Å². The summed E-state index contributed by atoms with van der Waals surface area (Å²) in [6, 6.07) is 10.4. The lowest BCUT2D eigenvalue weighted by Gasteiger charge is -2.15. The van der Waals surface area contributed by atoms with Gasteiger partial charge >= 0.3 is 0 Å². The first-order chi connectivity index (χ1) is 19.4. The summed E-state index contributed by atoms with van der Waals surface area (Å²) < 4.78 is 35.7. The smallest absolute Gasteiger partial charge is 0.283 e. The Bertz CT molecular complexity index is 1750. The van der Waals surface area contributed by atoms with Gasteiger partial charge in [0.2, 0.25) is 0 Å². The minimum Gasteiger partial charge on any atom is -0.496 e. The number of nitrogens with two attached hydrogens (primary N) is 1. The van der Waals surface area contributed by atoms with Gasteiger partial charge in [-0.05, 0) is 71.1 Å². The predicted octanol–water partition coefficient (Wildman–Crippen LogP) is 6.22. The maximum atomic E-state index is 14.1. The van der Waals surface area contributed by atoms with Gasteiger partial charge < -0.3 is 25.7 Å². The zero-order valence-corrected chi connectivity index (χ0v) is 24.3. The number of nitrogens with zero attached hydrogens (tertiary/aromatic N) is 2. The number of ether oxygens (including phenoxy) is 1. The molecule has 5 rings (SSSR count). The van der Waals surface area contributed by atoms with E-state index in [-0.39, 0.29) is 12.1 Å². The Kier molecular flexibility index (Phi) is 7.33. The Morgan fingerprint density at radius 2 is 1.98 bits per heavy atom. The molecule has 41 heavy (non-hydrogen) atoms. The van der Waals surface area contributed by atoms with E-state index in [0.717, 1.165) is 32.4 Å². The molecule has 2 amide bonds. The molecule has 1 fully saturated rings. The van der Waals surface area contributed by atoms with Crippen molar-refractivity contribution in [2.75, 3.05) is 24.7 Å². The monoisotopic (exact) mass is 623 g/mol. The summed E-state index contributed by atoms with van der Waals surface area (Å²) in [7, 11) is 3.37. The zero-order chi connectivity index (χ0) is 29.6. The van der Waals surface area contributed by atoms with Crippen LogP contribution in [0.1, 0.15) is 28.8 Å². The van der Waals surface area contributed by atoms with Crippen molar-refractivity contribution in [3.63, 3.8) is 0 Å². The molecule has 1 saturated carbocycles. The van der Waals surface area contributed by atoms with Gasteiger partial charge in [-0.3, -0.25) is 9.59 Å². The van der Waals surface area contributed by atoms with Gasteiger partial charge in [0.15, 0.2) is 5.83 Å². The predicted molar refractivity (Wildman–Crippen MR) is 159 cm³/mol. The number of nitrogen functional groups attached to an aromatic ring is 1. The molecule has 0 unspecified atom stereocenters. The molecule has 212 valence electrons. The van der Waals surface area contributed by atoms with E-state index in [1.807, 2.05) is 24.6 Å². The van der Waals surface area contributed by atoms with Crippen LogP contribution in [0.2, 0.25) is 0 Å². The molecule has 8 nitrogen and oxygen atoms in total. The third-order valence-electron chi connectivity index (χ3n) is 7.27. The SMILES string of the molecule is C=C(F)C(=O)Nc1ccc(-c2c(-c3ccc(C(=O)NCC4(F)CC4)c(OC)c3)c3c(N)ncc(Br)c3n2C)c(C)c1. The number of benzene rings is 2. The van der Waals surface area contributed by atoms with Crippen LogP contribution in [0.5, 0.6) is 5.75 Å². The van der Waals surface area contributed by atoms with Gasteiger partial charge in [0.1, 0.15) is 17.2 Å². The van der Waals surface area contributed by atoms with Crippen molar-refractivity contribution >= 4 is 50.2 Å². The number of alkyl halides is 1. The summed E-state index contributed by atoms with van der Waals surface area (Å²) in [6.45, 7) is 4.86. The van der Waals surface area contributed by atoms with Gasteiger partial charge in [-0.1, -0.05) is 18.7 Å². The van der Waals surface area contributed by atoms with Crippen molar-refractivity contribution in [3.05, 3.63) is 70.6 Å². The van der Waals surface area contributed by atoms with E-state index in [9.17, 15) is 18.4 Å². The minimum absolute atomic E-state index is 0.0460. The number of anilines is 2. The number of hydrogen-bond donors (Lipinski definition) is 3. The normalized spacial score (nSPS) is 13.6. The van der Waals surface area contributed by atoms with Gasteiger partial charge in [0, 0.05) is 30.1 Å². The van der Waals surface area contributed by atoms with Crippen LogP contribution in [0.4, 0.5) is 20.3 Å². The van der Waals surface area contributed by atoms with Crippen LogP contribution in [0.25, 0.3) is 33.3 Å². The van der Waals surface area contributed by atoms with Crippen molar-refractivity contribution in [3.8, 4) is 28.1 Å². The van der Waals surface area contributed by atoms with Crippen molar-refractivity contribution in [2.45, 2.75) is 25.4 Å². The number of halogens is 3. The Morgan fingerprint density at radius 3 is 2.61 bits per heavy atom. The summed E-state index contributed by atoms with van der Waals surface area (Å²) in [5.41, 5.74) is 10.5. The van der Waals surface area contributed by atoms with E-state index in [4.69, 9.17) is 10.5 Å². The topological polar surface area (TPSA) is 111 Å². The van der Waals surface area contributed by atoms with E-state index in [0.29, 0.717) is 41.0 Å². The summed E-state index contributed by atoms with van der Waals surface area (Å²) in [6.07, 6.45) is 2.51. The molecule has 1 aliphatic carbocycles. The number of methoxy groups -OCH3 is 1. The average Bonchev–Trinajstić information content (AvgIpc) is 3.60. The molecule has 4 N–H and O–H groups in total. The Balaban J connectivity index is 1.66. The molecule has 1 aliphatic rings. The number of aryl methyl sites for hydroxylation is 2. The van der Waals surface area contributed by atoms with Crippen LogP contribution in [-0.2, 0) is 11.8 Å². The van der Waals surface area contributed by atoms with E-state index in [1.54, 1.807) is 36.5 Å². The Hall–Kier alpha value is -4.25. The van der Waals surface area contributed by atoms with Crippen molar-refractivity contribution in [1.29, 1.82) is 0 Å². The lowest BCUT2D eigenvalue weighted by atomic mass is 9.94. The van der Waals surface area contributed by atoms with Gasteiger partial charge in [-0.2, -0.15) is 0 Å². The van der Waals surface area contributed by atoms with Gasteiger partial charge in [-0.25, -0.2) is 13.8 Å². The summed E-state index contributed by atoms with van der Waals surface area (Å²) in [5.74, 6) is -1.81. The second kappa shape index (κ2) is 10.6. The second-order valence-corrected chi connectivity index (χ2v) is 11.0. The highest BCUT2D eigenvalue weighted by Crippen LogP contribution is 2.46. The summed E-state index contributed by atoms with van der Waals surface area (Å²) in [5, 5.41) is 5.84. The highest BCUT2D eigenvalue weighted by molar-refractivity contribution is 9.10. The fraction of sp³-hybridized carbons (Fsp3) is 0.233. The third kappa shape index (κ3) is 5.29. The number of hydrogen-bond acceptors (Lipinski definition) is 5. The van der Waals surface area contributed by atoms with Gasteiger partial charge in [-0.15, -0.1) is 0 Å². The molecule has 2 aromatic carbocycles. The van der Waals surface area contributed by atoms with Crippen molar-refractivity contribution in [2.24, 2.45) is 7.05 Å². The summed E-state index contributed by atoms with van der Waals surface area (Å²) >= 11 is 3.60. The Morgan fingerprint density at radius 1 is 1.24 bits per heavy atom. The molecule has 4 aromatic rings. The Labute approximate surface area is 243 Å². The number of carbonyl (C=O) groups excluding carboxylic acids is 2. The first-order valence-corrected chi connectivity index (χ1v) is 13.6. The average molecular weight is 624 g/mol. The van der Waals surface area contributed by atoms with Crippen molar-refractivity contribution in [1.82, 2.24) is 14.9 Å². The number of amides is 2. The molecule has 0 spiro atoms. The van der Waals surface area contributed by atoms with E-state index in [2.05, 4.69) is 38.1 Å². The second-order valence-electron chi connectivity index (χ2n) is 10.1. The number of nitrogens with one attached hydrogen (secondary N) is 2. The van der Waals surface area contributed by atoms with Gasteiger partial charge in [0.25, 0.3) is 11.8 Å². The van der Waals surface area contributed by atoms with Crippen LogP contribution in [0.15, 0.2) is 59.5 Å². The fourth-order valence-corrected chi connectivity index (χ4v) is 5.51. The van der Waals surface area contributed by atoms with Crippen LogP contribution in [0, 0.1) is 6.92 Å². The molecule has 0 bridgehead atoms. The standard InChI is InChI=1S/C30H28BrF2N5O3/c1-15-11-18(37-28(39)16(2)32)6-8-19(15)25-23(24-26(38(25)3)21(31)13-35-27(24)34)17-5-7-20(22(12-17)41-4)29(40)36-14-30(33)9-10-30/h5-8,11-13H,2,9-10,14H2,1,3-4H3,(H2,34,35)(H,36,40)(H,37,39). The van der Waals surface area contributed by atoms with Crippen LogP contribution in [0.3, 0.4) is 0 Å². The molecule has 0 saturated heterocycles. The van der Waals surface area contributed by atoms with Gasteiger partial charge in [0.05, 0.1) is 40.3 Å². The summed E-state index contributed by atoms with van der Waals surface area (Å²) in [4.78, 5) is 29.1. The molecule has 0 aliphatic heterocycles. The lowest BCUT2D eigenvalue weighted by molar-refractivity contribution is -0.114. The lowest BCUT2D eigenvalue weighted by Crippen LogP contribution is -2.31. The minimum atomic E-state index is -1.32. The largest absolute Gasteiger partial charge is 0.496 e.